The zero-order valence-corrected chi connectivity index (χ0v) is 26.7. The van der Waals surface area contributed by atoms with Crippen LogP contribution in [0.5, 0.6) is 0 Å². The van der Waals surface area contributed by atoms with Crippen LogP contribution in [0.25, 0.3) is 82.1 Å². The molecule has 50 heavy (non-hydrogen) atoms. The van der Waals surface area contributed by atoms with Crippen LogP contribution in [0.1, 0.15) is 11.1 Å². The van der Waals surface area contributed by atoms with E-state index in [9.17, 15) is 10.5 Å². The van der Waals surface area contributed by atoms with Gasteiger partial charge in [0.05, 0.1) is 57.6 Å². The number of rotatable bonds is 4. The van der Waals surface area contributed by atoms with Gasteiger partial charge in [0.15, 0.2) is 5.69 Å². The first-order valence-electron chi connectivity index (χ1n) is 16.3. The molecule has 0 N–H and O–H groups in total. The number of para-hydroxylation sites is 3. The number of hydrogen-bond donors (Lipinski definition) is 0. The van der Waals surface area contributed by atoms with Crippen LogP contribution in [-0.2, 0) is 0 Å². The maximum Gasteiger partial charge on any atom is 0.195 e. The van der Waals surface area contributed by atoms with Crippen LogP contribution in [-0.4, -0.2) is 9.13 Å². The van der Waals surface area contributed by atoms with Crippen molar-refractivity contribution in [2.75, 3.05) is 0 Å². The molecule has 9 rings (SSSR count). The van der Waals surface area contributed by atoms with E-state index < -0.39 is 0 Å². The van der Waals surface area contributed by atoms with Gasteiger partial charge in [-0.15, -0.1) is 0 Å². The van der Waals surface area contributed by atoms with E-state index in [1.807, 2.05) is 78.9 Å². The largest absolute Gasteiger partial charge is 0.309 e. The number of nitrogens with zero attached hydrogens (tertiary/aromatic N) is 5. The normalized spacial score (nSPS) is 11.1. The lowest BCUT2D eigenvalue weighted by Crippen LogP contribution is -1.97. The smallest absolute Gasteiger partial charge is 0.195 e. The fraction of sp³-hybridized carbons (Fsp3) is 0. The molecule has 0 spiro atoms. The van der Waals surface area contributed by atoms with E-state index >= 15 is 0 Å². The molecular weight excluding hydrogens is 611 g/mol. The summed E-state index contributed by atoms with van der Waals surface area (Å²) in [4.78, 5) is 3.94. The lowest BCUT2D eigenvalue weighted by atomic mass is 9.96. The van der Waals surface area contributed by atoms with Gasteiger partial charge in [-0.3, -0.25) is 0 Å². The quantitative estimate of drug-likeness (QED) is 0.181. The summed E-state index contributed by atoms with van der Waals surface area (Å²) in [5.41, 5.74) is 11.7. The van der Waals surface area contributed by atoms with E-state index in [1.165, 1.54) is 0 Å². The SMILES string of the molecule is [C-]#[N+]c1ccc(-n2c3ccccc3c3c(C#N)cccc32)cc1-c1cccc(-c2ccccc2-n2c3ccccc3c3cc(C#N)ccc32)c1. The fourth-order valence-electron chi connectivity index (χ4n) is 7.45. The Morgan fingerprint density at radius 3 is 1.98 bits per heavy atom. The summed E-state index contributed by atoms with van der Waals surface area (Å²) in [6.07, 6.45) is 0. The Hall–Kier alpha value is -7.39. The van der Waals surface area contributed by atoms with Crippen LogP contribution in [0.15, 0.2) is 152 Å². The van der Waals surface area contributed by atoms with E-state index in [2.05, 4.69) is 98.9 Å². The molecule has 0 unspecified atom stereocenters. The van der Waals surface area contributed by atoms with Crippen molar-refractivity contribution in [3.8, 4) is 45.8 Å². The molecule has 230 valence electrons. The second-order valence-electron chi connectivity index (χ2n) is 12.3. The average Bonchev–Trinajstić information content (AvgIpc) is 3.70. The Kier molecular flexibility index (Phi) is 6.56. The van der Waals surface area contributed by atoms with Crippen molar-refractivity contribution in [1.82, 2.24) is 9.13 Å². The molecule has 9 aromatic rings. The van der Waals surface area contributed by atoms with Crippen molar-refractivity contribution in [1.29, 1.82) is 10.5 Å². The molecule has 0 aliphatic carbocycles. The predicted octanol–water partition coefficient (Wildman–Crippen LogP) is 11.5. The highest BCUT2D eigenvalue weighted by Crippen LogP contribution is 2.41. The van der Waals surface area contributed by atoms with Gasteiger partial charge >= 0.3 is 0 Å². The fourth-order valence-corrected chi connectivity index (χ4v) is 7.45. The number of fused-ring (bicyclic) bond motifs is 6. The van der Waals surface area contributed by atoms with Crippen LogP contribution in [0, 0.1) is 29.2 Å². The van der Waals surface area contributed by atoms with E-state index in [0.717, 1.165) is 77.2 Å². The van der Waals surface area contributed by atoms with Crippen LogP contribution >= 0.6 is 0 Å². The summed E-state index contributed by atoms with van der Waals surface area (Å²) in [6.45, 7) is 8.08. The third kappa shape index (κ3) is 4.31. The molecule has 0 saturated heterocycles. The minimum atomic E-state index is 0.563. The van der Waals surface area contributed by atoms with E-state index in [1.54, 1.807) is 0 Å². The third-order valence-electron chi connectivity index (χ3n) is 9.61. The molecule has 0 aliphatic rings. The Balaban J connectivity index is 1.24. The highest BCUT2D eigenvalue weighted by molar-refractivity contribution is 6.12. The van der Waals surface area contributed by atoms with Gasteiger partial charge in [0.1, 0.15) is 0 Å². The standard InChI is InChI=1S/C45H25N5/c1-48-39-22-21-33(49-42-18-7-4-15-36(42)45-32(28-47)12-9-19-44(45)49)26-37(39)31-11-8-10-30(25-31)34-13-2-5-16-40(34)50-41-17-6-3-14-35(41)38-24-29(27-46)20-23-43(38)50/h2-26H. The summed E-state index contributed by atoms with van der Waals surface area (Å²) < 4.78 is 4.46. The molecule has 0 aliphatic heterocycles. The lowest BCUT2D eigenvalue weighted by molar-refractivity contribution is 1.18. The molecule has 0 radical (unpaired) electrons. The third-order valence-corrected chi connectivity index (χ3v) is 9.61. The Bertz CT molecular complexity index is 2970. The topological polar surface area (TPSA) is 61.8 Å². The average molecular weight is 636 g/mol. The molecular formula is C45H25N5. The van der Waals surface area contributed by atoms with Crippen molar-refractivity contribution < 1.29 is 0 Å². The Labute approximate surface area is 288 Å². The maximum absolute atomic E-state index is 9.96. The van der Waals surface area contributed by atoms with Crippen LogP contribution < -0.4 is 0 Å². The Morgan fingerprint density at radius 2 is 1.18 bits per heavy atom. The first kappa shape index (κ1) is 28.8. The maximum atomic E-state index is 9.96. The summed E-state index contributed by atoms with van der Waals surface area (Å²) in [6, 6.07) is 55.5. The Morgan fingerprint density at radius 1 is 0.500 bits per heavy atom. The van der Waals surface area contributed by atoms with E-state index in [4.69, 9.17) is 6.57 Å². The molecule has 0 fully saturated rings. The highest BCUT2D eigenvalue weighted by atomic mass is 15.0. The molecule has 2 aromatic heterocycles. The number of benzene rings is 7. The monoisotopic (exact) mass is 635 g/mol. The van der Waals surface area contributed by atoms with Crippen molar-refractivity contribution in [2.24, 2.45) is 0 Å². The van der Waals surface area contributed by atoms with Gasteiger partial charge in [-0.1, -0.05) is 84.9 Å². The highest BCUT2D eigenvalue weighted by Gasteiger charge is 2.19. The zero-order valence-electron chi connectivity index (χ0n) is 26.7. The molecule has 0 amide bonds. The zero-order chi connectivity index (χ0) is 33.8. The summed E-state index contributed by atoms with van der Waals surface area (Å²) >= 11 is 0. The van der Waals surface area contributed by atoms with Crippen LogP contribution in [0.2, 0.25) is 0 Å². The molecule has 7 aromatic carbocycles. The van der Waals surface area contributed by atoms with Gasteiger partial charge in [0.2, 0.25) is 0 Å². The van der Waals surface area contributed by atoms with Gasteiger partial charge in [-0.05, 0) is 83.4 Å². The summed E-state index contributed by atoms with van der Waals surface area (Å²) in [5.74, 6) is 0. The van der Waals surface area contributed by atoms with Crippen LogP contribution in [0.3, 0.4) is 0 Å². The van der Waals surface area contributed by atoms with Crippen molar-refractivity contribution >= 4 is 49.3 Å². The molecule has 2 heterocycles. The second kappa shape index (κ2) is 11.4. The van der Waals surface area contributed by atoms with Crippen molar-refractivity contribution in [3.63, 3.8) is 0 Å². The van der Waals surface area contributed by atoms with Gasteiger partial charge in [0.25, 0.3) is 0 Å². The summed E-state index contributed by atoms with van der Waals surface area (Å²) in [5, 5.41) is 23.7. The first-order valence-corrected chi connectivity index (χ1v) is 16.3. The van der Waals surface area contributed by atoms with Gasteiger partial charge in [-0.2, -0.15) is 10.5 Å². The van der Waals surface area contributed by atoms with Gasteiger partial charge in [-0.25, -0.2) is 4.85 Å². The molecule has 5 heteroatoms. The molecule has 0 bridgehead atoms. The van der Waals surface area contributed by atoms with Gasteiger partial charge < -0.3 is 9.13 Å². The number of hydrogen-bond acceptors (Lipinski definition) is 2. The van der Waals surface area contributed by atoms with E-state index in [0.29, 0.717) is 16.8 Å². The summed E-state index contributed by atoms with van der Waals surface area (Å²) in [7, 11) is 0. The lowest BCUT2D eigenvalue weighted by Gasteiger charge is -2.16. The van der Waals surface area contributed by atoms with E-state index in [-0.39, 0.29) is 0 Å². The predicted molar refractivity (Wildman–Crippen MR) is 202 cm³/mol. The number of nitriles is 2. The van der Waals surface area contributed by atoms with Gasteiger partial charge in [0, 0.05) is 32.8 Å². The first-order chi connectivity index (χ1) is 24.7. The molecule has 0 atom stereocenters. The minimum Gasteiger partial charge on any atom is -0.309 e. The molecule has 0 saturated carbocycles. The van der Waals surface area contributed by atoms with Crippen molar-refractivity contribution in [2.45, 2.75) is 0 Å². The second-order valence-corrected chi connectivity index (χ2v) is 12.3. The molecule has 5 nitrogen and oxygen atoms in total. The minimum absolute atomic E-state index is 0.563. The van der Waals surface area contributed by atoms with Crippen LogP contribution in [0.4, 0.5) is 5.69 Å². The number of aromatic nitrogens is 2. The van der Waals surface area contributed by atoms with Crippen molar-refractivity contribution in [3.05, 3.63) is 174 Å².